The summed E-state index contributed by atoms with van der Waals surface area (Å²) in [5.41, 5.74) is 6.65. The molecule has 1 heterocycles. The molecule has 1 amide bonds. The van der Waals surface area contributed by atoms with Gasteiger partial charge in [-0.05, 0) is 24.1 Å². The predicted octanol–water partition coefficient (Wildman–Crippen LogP) is 3.20. The normalized spacial score (nSPS) is 17.0. The van der Waals surface area contributed by atoms with Gasteiger partial charge < -0.3 is 16.0 Å². The molecule has 0 aromatic heterocycles. The summed E-state index contributed by atoms with van der Waals surface area (Å²) in [6.07, 6.45) is 0.612. The number of rotatable bonds is 4. The molecule has 0 radical (unpaired) electrons. The first-order chi connectivity index (χ1) is 11.6. The lowest BCUT2D eigenvalue weighted by atomic mass is 10.1. The summed E-state index contributed by atoms with van der Waals surface area (Å²) in [6, 6.07) is 11.9. The number of carbonyl (C=O) groups is 1. The maximum absolute atomic E-state index is 13.9. The van der Waals surface area contributed by atoms with E-state index < -0.39 is 17.7 Å². The molecule has 0 spiro atoms. The Morgan fingerprint density at radius 2 is 1.69 bits per heavy atom. The van der Waals surface area contributed by atoms with Crippen molar-refractivity contribution in [2.45, 2.75) is 18.5 Å². The monoisotopic (exact) mass is 403 g/mol. The van der Waals surface area contributed by atoms with Gasteiger partial charge in [0, 0.05) is 19.1 Å². The molecule has 2 aromatic rings. The number of amides is 1. The summed E-state index contributed by atoms with van der Waals surface area (Å²) < 4.78 is 27.7. The summed E-state index contributed by atoms with van der Waals surface area (Å²) in [5.74, 6) is -1.48. The van der Waals surface area contributed by atoms with Crippen LogP contribution in [-0.2, 0) is 4.79 Å². The van der Waals surface area contributed by atoms with Crippen molar-refractivity contribution < 1.29 is 13.6 Å². The van der Waals surface area contributed by atoms with Crippen LogP contribution in [0.4, 0.5) is 14.5 Å². The second-order valence-corrected chi connectivity index (χ2v) is 5.90. The van der Waals surface area contributed by atoms with Crippen LogP contribution in [0.25, 0.3) is 0 Å². The molecule has 1 aliphatic heterocycles. The van der Waals surface area contributed by atoms with Crippen LogP contribution in [-0.4, -0.2) is 25.0 Å². The van der Waals surface area contributed by atoms with E-state index in [9.17, 15) is 13.6 Å². The molecule has 4 nitrogen and oxygen atoms in total. The molecule has 26 heavy (non-hydrogen) atoms. The molecule has 0 saturated carbocycles. The molecule has 2 unspecified atom stereocenters. The number of halogens is 4. The van der Waals surface area contributed by atoms with Crippen LogP contribution in [0.5, 0.6) is 0 Å². The highest BCUT2D eigenvalue weighted by molar-refractivity contribution is 5.85. The molecule has 0 aliphatic carbocycles. The lowest BCUT2D eigenvalue weighted by molar-refractivity contribution is -0.123. The van der Waals surface area contributed by atoms with Crippen molar-refractivity contribution in [3.05, 3.63) is 65.7 Å². The van der Waals surface area contributed by atoms with E-state index in [4.69, 9.17) is 5.73 Å². The van der Waals surface area contributed by atoms with Gasteiger partial charge in [-0.15, -0.1) is 24.8 Å². The highest BCUT2D eigenvalue weighted by Gasteiger charge is 2.29. The zero-order valence-electron chi connectivity index (χ0n) is 13.9. The second-order valence-electron chi connectivity index (χ2n) is 5.90. The number of benzene rings is 2. The SMILES string of the molecule is Cl.Cl.NC(C(=O)NC1CCN(c2c(F)cccc2F)C1)c1ccccc1. The Bertz CT molecular complexity index is 713. The number of para-hydroxylation sites is 1. The van der Waals surface area contributed by atoms with E-state index in [2.05, 4.69) is 5.32 Å². The van der Waals surface area contributed by atoms with E-state index in [1.54, 1.807) is 17.0 Å². The topological polar surface area (TPSA) is 58.4 Å². The third-order valence-electron chi connectivity index (χ3n) is 4.23. The first-order valence-electron chi connectivity index (χ1n) is 7.86. The molecule has 3 rings (SSSR count). The molecule has 142 valence electrons. The molecule has 2 aromatic carbocycles. The van der Waals surface area contributed by atoms with Crippen LogP contribution >= 0.6 is 24.8 Å². The number of carbonyl (C=O) groups excluding carboxylic acids is 1. The van der Waals surface area contributed by atoms with Gasteiger partial charge in [-0.25, -0.2) is 8.78 Å². The first-order valence-corrected chi connectivity index (χ1v) is 7.86. The van der Waals surface area contributed by atoms with Gasteiger partial charge >= 0.3 is 0 Å². The largest absolute Gasteiger partial charge is 0.365 e. The highest BCUT2D eigenvalue weighted by atomic mass is 35.5. The molecule has 0 bridgehead atoms. The number of hydrogen-bond acceptors (Lipinski definition) is 3. The number of nitrogens with one attached hydrogen (secondary N) is 1. The van der Waals surface area contributed by atoms with Gasteiger partial charge in [0.25, 0.3) is 0 Å². The zero-order valence-corrected chi connectivity index (χ0v) is 15.5. The minimum atomic E-state index is -0.759. The van der Waals surface area contributed by atoms with Crippen molar-refractivity contribution in [1.29, 1.82) is 0 Å². The smallest absolute Gasteiger partial charge is 0.241 e. The maximum Gasteiger partial charge on any atom is 0.241 e. The van der Waals surface area contributed by atoms with Gasteiger partial charge in [-0.2, -0.15) is 0 Å². The van der Waals surface area contributed by atoms with Crippen molar-refractivity contribution in [2.24, 2.45) is 5.73 Å². The first kappa shape index (κ1) is 22.2. The van der Waals surface area contributed by atoms with E-state index in [1.807, 2.05) is 18.2 Å². The van der Waals surface area contributed by atoms with Gasteiger partial charge in [0.15, 0.2) is 0 Å². The average molecular weight is 404 g/mol. The molecule has 1 aliphatic rings. The maximum atomic E-state index is 13.9. The van der Waals surface area contributed by atoms with E-state index in [-0.39, 0.29) is 42.5 Å². The molecular weight excluding hydrogens is 383 g/mol. The van der Waals surface area contributed by atoms with E-state index in [0.29, 0.717) is 19.5 Å². The van der Waals surface area contributed by atoms with Crippen LogP contribution < -0.4 is 16.0 Å². The lowest BCUT2D eigenvalue weighted by Gasteiger charge is -2.21. The van der Waals surface area contributed by atoms with Crippen molar-refractivity contribution in [3.63, 3.8) is 0 Å². The van der Waals surface area contributed by atoms with Crippen LogP contribution in [0, 0.1) is 11.6 Å². The summed E-state index contributed by atoms with van der Waals surface area (Å²) in [7, 11) is 0. The van der Waals surface area contributed by atoms with Crippen LogP contribution in [0.1, 0.15) is 18.0 Å². The number of anilines is 1. The summed E-state index contributed by atoms with van der Waals surface area (Å²) >= 11 is 0. The lowest BCUT2D eigenvalue weighted by Crippen LogP contribution is -2.42. The van der Waals surface area contributed by atoms with Crippen molar-refractivity contribution in [3.8, 4) is 0 Å². The molecule has 3 N–H and O–H groups in total. The fourth-order valence-corrected chi connectivity index (χ4v) is 2.98. The minimum absolute atomic E-state index is 0. The molecular formula is C18H21Cl2F2N3O. The fraction of sp³-hybridized carbons (Fsp3) is 0.278. The number of nitrogens with two attached hydrogens (primary N) is 1. The molecule has 2 atom stereocenters. The fourth-order valence-electron chi connectivity index (χ4n) is 2.98. The Labute approximate surface area is 163 Å². The summed E-state index contributed by atoms with van der Waals surface area (Å²) in [4.78, 5) is 13.9. The summed E-state index contributed by atoms with van der Waals surface area (Å²) in [5, 5.41) is 2.87. The van der Waals surface area contributed by atoms with Gasteiger partial charge in [0.05, 0.1) is 0 Å². The van der Waals surface area contributed by atoms with E-state index >= 15 is 0 Å². The van der Waals surface area contributed by atoms with Crippen LogP contribution in [0.3, 0.4) is 0 Å². The standard InChI is InChI=1S/C18H19F2N3O.2ClH/c19-14-7-4-8-15(20)17(14)23-10-9-13(11-23)22-18(24)16(21)12-5-2-1-3-6-12;;/h1-8,13,16H,9-11,21H2,(H,22,24);2*1H. The van der Waals surface area contributed by atoms with Crippen molar-refractivity contribution >= 4 is 36.4 Å². The van der Waals surface area contributed by atoms with E-state index in [1.165, 1.54) is 18.2 Å². The Morgan fingerprint density at radius 1 is 1.08 bits per heavy atom. The zero-order chi connectivity index (χ0) is 17.1. The van der Waals surface area contributed by atoms with Crippen LogP contribution in [0.15, 0.2) is 48.5 Å². The van der Waals surface area contributed by atoms with E-state index in [0.717, 1.165) is 5.56 Å². The third kappa shape index (κ3) is 4.84. The van der Waals surface area contributed by atoms with Gasteiger partial charge in [-0.3, -0.25) is 4.79 Å². The van der Waals surface area contributed by atoms with Crippen molar-refractivity contribution in [2.75, 3.05) is 18.0 Å². The minimum Gasteiger partial charge on any atom is -0.365 e. The Balaban J connectivity index is 0.00000169. The molecule has 8 heteroatoms. The van der Waals surface area contributed by atoms with Gasteiger partial charge in [0.2, 0.25) is 5.91 Å². The Morgan fingerprint density at radius 3 is 2.31 bits per heavy atom. The Hall–Kier alpha value is -1.89. The highest BCUT2D eigenvalue weighted by Crippen LogP contribution is 2.26. The molecule has 1 saturated heterocycles. The van der Waals surface area contributed by atoms with Gasteiger partial charge in [0.1, 0.15) is 23.4 Å². The summed E-state index contributed by atoms with van der Waals surface area (Å²) in [6.45, 7) is 0.828. The Kier molecular flexibility index (Phi) is 8.27. The van der Waals surface area contributed by atoms with Crippen LogP contribution in [0.2, 0.25) is 0 Å². The van der Waals surface area contributed by atoms with Crippen molar-refractivity contribution in [1.82, 2.24) is 5.32 Å². The van der Waals surface area contributed by atoms with Gasteiger partial charge in [-0.1, -0.05) is 36.4 Å². The third-order valence-corrected chi connectivity index (χ3v) is 4.23. The predicted molar refractivity (Wildman–Crippen MR) is 103 cm³/mol. The number of hydrogen-bond donors (Lipinski definition) is 2. The average Bonchev–Trinajstić information content (AvgIpc) is 3.03. The molecule has 1 fully saturated rings. The second kappa shape index (κ2) is 9.71. The quantitative estimate of drug-likeness (QED) is 0.823. The number of nitrogens with zero attached hydrogens (tertiary/aromatic N) is 1.